The molecule has 0 heterocycles. The summed E-state index contributed by atoms with van der Waals surface area (Å²) >= 11 is 5.60. The second kappa shape index (κ2) is 7.77. The molecular formula is C16H15ClFNO3. The number of hydrogen-bond acceptors (Lipinski definition) is 3. The van der Waals surface area contributed by atoms with Crippen molar-refractivity contribution in [3.05, 3.63) is 70.5 Å². The van der Waals surface area contributed by atoms with Crippen molar-refractivity contribution in [2.45, 2.75) is 12.6 Å². The number of amides is 1. The molecule has 0 aliphatic heterocycles. The van der Waals surface area contributed by atoms with Gasteiger partial charge in [0.05, 0.1) is 17.7 Å². The van der Waals surface area contributed by atoms with Gasteiger partial charge in [0.2, 0.25) is 0 Å². The van der Waals surface area contributed by atoms with Gasteiger partial charge >= 0.3 is 6.09 Å². The molecule has 0 saturated carbocycles. The molecule has 2 aromatic carbocycles. The minimum Gasteiger partial charge on any atom is -0.445 e. The van der Waals surface area contributed by atoms with Crippen molar-refractivity contribution < 1.29 is 19.0 Å². The van der Waals surface area contributed by atoms with Gasteiger partial charge in [-0.25, -0.2) is 9.18 Å². The first kappa shape index (κ1) is 16.3. The van der Waals surface area contributed by atoms with Gasteiger partial charge in [-0.3, -0.25) is 0 Å². The smallest absolute Gasteiger partial charge is 0.408 e. The lowest BCUT2D eigenvalue weighted by molar-refractivity contribution is 0.129. The van der Waals surface area contributed by atoms with Crippen molar-refractivity contribution in [3.8, 4) is 0 Å². The molecule has 2 aromatic rings. The minimum absolute atomic E-state index is 0.0212. The maximum atomic E-state index is 13.4. The van der Waals surface area contributed by atoms with E-state index in [1.807, 2.05) is 30.3 Å². The van der Waals surface area contributed by atoms with Crippen LogP contribution in [0.25, 0.3) is 0 Å². The molecule has 0 spiro atoms. The Morgan fingerprint density at radius 1 is 1.27 bits per heavy atom. The summed E-state index contributed by atoms with van der Waals surface area (Å²) in [4.78, 5) is 11.7. The van der Waals surface area contributed by atoms with Crippen LogP contribution in [0.3, 0.4) is 0 Å². The fourth-order valence-electron chi connectivity index (χ4n) is 1.87. The Kier molecular flexibility index (Phi) is 5.75. The van der Waals surface area contributed by atoms with Crippen molar-refractivity contribution in [1.82, 2.24) is 5.32 Å². The maximum absolute atomic E-state index is 13.4. The predicted octanol–water partition coefficient (Wildman–Crippen LogP) is 3.44. The Bertz CT molecular complexity index is 637. The van der Waals surface area contributed by atoms with Crippen molar-refractivity contribution in [2.24, 2.45) is 0 Å². The van der Waals surface area contributed by atoms with Crippen LogP contribution in [-0.2, 0) is 11.3 Å². The molecule has 0 aliphatic carbocycles. The van der Waals surface area contributed by atoms with Gasteiger partial charge < -0.3 is 15.2 Å². The average molecular weight is 324 g/mol. The lowest BCUT2D eigenvalue weighted by Crippen LogP contribution is -2.31. The fourth-order valence-corrected chi connectivity index (χ4v) is 1.99. The first-order chi connectivity index (χ1) is 10.6. The zero-order valence-corrected chi connectivity index (χ0v) is 12.4. The van der Waals surface area contributed by atoms with Gasteiger partial charge in [0.15, 0.2) is 0 Å². The number of rotatable bonds is 5. The largest absolute Gasteiger partial charge is 0.445 e. The molecule has 2 rings (SSSR count). The first-order valence-electron chi connectivity index (χ1n) is 6.63. The van der Waals surface area contributed by atoms with Crippen molar-refractivity contribution in [2.75, 3.05) is 6.61 Å². The fraction of sp³-hybridized carbons (Fsp3) is 0.188. The van der Waals surface area contributed by atoms with Gasteiger partial charge in [-0.15, -0.1) is 0 Å². The third kappa shape index (κ3) is 4.44. The molecule has 0 fully saturated rings. The summed E-state index contributed by atoms with van der Waals surface area (Å²) in [7, 11) is 0. The van der Waals surface area contributed by atoms with Gasteiger partial charge in [0.1, 0.15) is 12.4 Å². The summed E-state index contributed by atoms with van der Waals surface area (Å²) in [6, 6.07) is 12.5. The molecule has 4 nitrogen and oxygen atoms in total. The zero-order chi connectivity index (χ0) is 15.9. The monoisotopic (exact) mass is 323 g/mol. The van der Waals surface area contributed by atoms with Gasteiger partial charge in [-0.2, -0.15) is 0 Å². The number of aliphatic hydroxyl groups excluding tert-OH is 1. The van der Waals surface area contributed by atoms with E-state index in [0.717, 1.165) is 5.56 Å². The number of aliphatic hydroxyl groups is 1. The molecule has 22 heavy (non-hydrogen) atoms. The maximum Gasteiger partial charge on any atom is 0.408 e. The van der Waals surface area contributed by atoms with E-state index in [4.69, 9.17) is 16.3 Å². The van der Waals surface area contributed by atoms with E-state index in [1.165, 1.54) is 18.2 Å². The number of ether oxygens (including phenoxy) is 1. The molecule has 0 saturated heterocycles. The first-order valence-corrected chi connectivity index (χ1v) is 7.01. The number of benzene rings is 2. The molecule has 116 valence electrons. The molecule has 0 aromatic heterocycles. The van der Waals surface area contributed by atoms with E-state index in [0.29, 0.717) is 5.56 Å². The summed E-state index contributed by atoms with van der Waals surface area (Å²) in [5.74, 6) is -0.614. The highest BCUT2D eigenvalue weighted by molar-refractivity contribution is 6.30. The highest BCUT2D eigenvalue weighted by Gasteiger charge is 2.16. The molecule has 0 bridgehead atoms. The van der Waals surface area contributed by atoms with Crippen LogP contribution in [0.2, 0.25) is 5.02 Å². The van der Waals surface area contributed by atoms with Crippen LogP contribution in [0.1, 0.15) is 17.2 Å². The van der Waals surface area contributed by atoms with Gasteiger partial charge in [-0.05, 0) is 23.3 Å². The van der Waals surface area contributed by atoms with E-state index in [1.54, 1.807) is 0 Å². The van der Waals surface area contributed by atoms with Crippen LogP contribution < -0.4 is 5.32 Å². The molecule has 1 unspecified atom stereocenters. The Morgan fingerprint density at radius 2 is 2.00 bits per heavy atom. The molecule has 6 heteroatoms. The molecule has 0 aliphatic rings. The summed E-state index contributed by atoms with van der Waals surface area (Å²) in [6.45, 7) is -0.276. The Balaban J connectivity index is 1.94. The van der Waals surface area contributed by atoms with Crippen LogP contribution in [0, 0.1) is 5.82 Å². The summed E-state index contributed by atoms with van der Waals surface area (Å²) in [5, 5.41) is 11.8. The van der Waals surface area contributed by atoms with E-state index in [2.05, 4.69) is 5.32 Å². The number of halogens is 2. The SMILES string of the molecule is O=C(NC(CO)c1ccc(Cl)c(F)c1)OCc1ccccc1. The summed E-state index contributed by atoms with van der Waals surface area (Å²) < 4.78 is 18.5. The zero-order valence-electron chi connectivity index (χ0n) is 11.6. The van der Waals surface area contributed by atoms with Crippen LogP contribution in [-0.4, -0.2) is 17.8 Å². The van der Waals surface area contributed by atoms with Gasteiger partial charge in [-0.1, -0.05) is 48.0 Å². The van der Waals surface area contributed by atoms with Crippen molar-refractivity contribution in [3.63, 3.8) is 0 Å². The van der Waals surface area contributed by atoms with E-state index in [-0.39, 0.29) is 18.2 Å². The summed E-state index contributed by atoms with van der Waals surface area (Å²) in [6.07, 6.45) is -0.696. The second-order valence-electron chi connectivity index (χ2n) is 4.61. The molecule has 1 atom stereocenters. The summed E-state index contributed by atoms with van der Waals surface area (Å²) in [5.41, 5.74) is 1.25. The standard InChI is InChI=1S/C16H15ClFNO3/c17-13-7-6-12(8-14(13)18)15(9-20)19-16(21)22-10-11-4-2-1-3-5-11/h1-8,15,20H,9-10H2,(H,19,21). The lowest BCUT2D eigenvalue weighted by Gasteiger charge is -2.17. The number of nitrogens with one attached hydrogen (secondary N) is 1. The number of alkyl carbamates (subject to hydrolysis) is 1. The van der Waals surface area contributed by atoms with Gasteiger partial charge in [0, 0.05) is 0 Å². The number of carbonyl (C=O) groups is 1. The highest BCUT2D eigenvalue weighted by atomic mass is 35.5. The number of carbonyl (C=O) groups excluding carboxylic acids is 1. The van der Waals surface area contributed by atoms with Crippen LogP contribution in [0.5, 0.6) is 0 Å². The van der Waals surface area contributed by atoms with Crippen LogP contribution >= 0.6 is 11.6 Å². The second-order valence-corrected chi connectivity index (χ2v) is 5.02. The highest BCUT2D eigenvalue weighted by Crippen LogP contribution is 2.20. The quantitative estimate of drug-likeness (QED) is 0.886. The Labute approximate surface area is 132 Å². The Morgan fingerprint density at radius 3 is 2.64 bits per heavy atom. The lowest BCUT2D eigenvalue weighted by atomic mass is 10.1. The Hall–Kier alpha value is -2.11. The average Bonchev–Trinajstić information content (AvgIpc) is 2.54. The normalized spacial score (nSPS) is 11.8. The van der Waals surface area contributed by atoms with Crippen LogP contribution in [0.15, 0.2) is 48.5 Å². The van der Waals surface area contributed by atoms with Crippen molar-refractivity contribution in [1.29, 1.82) is 0 Å². The number of hydrogen-bond donors (Lipinski definition) is 2. The predicted molar refractivity (Wildman–Crippen MR) is 81.0 cm³/mol. The third-order valence-electron chi connectivity index (χ3n) is 3.03. The third-order valence-corrected chi connectivity index (χ3v) is 3.34. The van der Waals surface area contributed by atoms with E-state index in [9.17, 15) is 14.3 Å². The molecule has 1 amide bonds. The minimum atomic E-state index is -0.768. The van der Waals surface area contributed by atoms with E-state index >= 15 is 0 Å². The van der Waals surface area contributed by atoms with Gasteiger partial charge in [0.25, 0.3) is 0 Å². The topological polar surface area (TPSA) is 58.6 Å². The molecule has 0 radical (unpaired) electrons. The van der Waals surface area contributed by atoms with Crippen LogP contribution in [0.4, 0.5) is 9.18 Å². The van der Waals surface area contributed by atoms with E-state index < -0.39 is 18.0 Å². The molecular weight excluding hydrogens is 309 g/mol. The molecule has 2 N–H and O–H groups in total. The van der Waals surface area contributed by atoms with Crippen molar-refractivity contribution >= 4 is 17.7 Å².